The molecule has 1 rings (SSSR count). The molecule has 0 unspecified atom stereocenters. The van der Waals surface area contributed by atoms with Crippen molar-refractivity contribution in [2.24, 2.45) is 0 Å². The van der Waals surface area contributed by atoms with E-state index in [2.05, 4.69) is 53.8 Å². The smallest absolute Gasteiger partial charge is 0.0625 e. The average molecular weight is 285 g/mol. The minimum atomic E-state index is 0.618. The quantitative estimate of drug-likeness (QED) is 0.782. The van der Waals surface area contributed by atoms with Gasteiger partial charge in [-0.25, -0.2) is 0 Å². The van der Waals surface area contributed by atoms with Gasteiger partial charge in [-0.2, -0.15) is 5.26 Å². The van der Waals surface area contributed by atoms with Gasteiger partial charge < -0.3 is 0 Å². The molecule has 0 radical (unpaired) electrons. The summed E-state index contributed by atoms with van der Waals surface area (Å²) < 4.78 is 1.28. The summed E-state index contributed by atoms with van der Waals surface area (Å²) in [6.07, 6.45) is 2.56. The largest absolute Gasteiger partial charge is 0.198 e. The molecule has 0 fully saturated rings. The summed E-state index contributed by atoms with van der Waals surface area (Å²) in [6.45, 7) is 2.15. The molecule has 1 aromatic rings. The van der Waals surface area contributed by atoms with Gasteiger partial charge in [-0.15, -0.1) is 0 Å². The summed E-state index contributed by atoms with van der Waals surface area (Å²) in [6, 6.07) is 8.52. The number of hydrogen-bond donors (Lipinski definition) is 0. The maximum atomic E-state index is 8.53. The summed E-state index contributed by atoms with van der Waals surface area (Å²) in [5, 5.41) is 8.53. The molecule has 0 aliphatic carbocycles. The van der Waals surface area contributed by atoms with Crippen LogP contribution in [0.2, 0.25) is 0 Å². The Bertz CT molecular complexity index is 325. The van der Waals surface area contributed by atoms with Crippen LogP contribution in [0.25, 0.3) is 0 Å². The van der Waals surface area contributed by atoms with Crippen molar-refractivity contribution in [1.29, 1.82) is 5.26 Å². The van der Waals surface area contributed by atoms with E-state index in [-0.39, 0.29) is 0 Å². The maximum Gasteiger partial charge on any atom is 0.0625 e. The lowest BCUT2D eigenvalue weighted by Gasteiger charge is -2.07. The van der Waals surface area contributed by atoms with E-state index in [0.717, 1.165) is 12.8 Å². The zero-order valence-electron chi connectivity index (χ0n) is 7.68. The van der Waals surface area contributed by atoms with Crippen molar-refractivity contribution in [1.82, 2.24) is 0 Å². The van der Waals surface area contributed by atoms with Crippen molar-refractivity contribution in [2.45, 2.75) is 26.2 Å². The molecule has 0 amide bonds. The van der Waals surface area contributed by atoms with E-state index in [4.69, 9.17) is 5.26 Å². The van der Waals surface area contributed by atoms with Gasteiger partial charge in [0.05, 0.1) is 6.07 Å². The van der Waals surface area contributed by atoms with Gasteiger partial charge in [0.15, 0.2) is 0 Å². The second kappa shape index (κ2) is 5.23. The molecule has 68 valence electrons. The lowest BCUT2D eigenvalue weighted by molar-refractivity contribution is 0.960. The highest BCUT2D eigenvalue weighted by atomic mass is 127. The van der Waals surface area contributed by atoms with E-state index >= 15 is 0 Å². The molecule has 0 atom stereocenters. The lowest BCUT2D eigenvalue weighted by Crippen LogP contribution is -1.95. The monoisotopic (exact) mass is 285 g/mol. The zero-order chi connectivity index (χ0) is 9.68. The van der Waals surface area contributed by atoms with Crippen molar-refractivity contribution in [3.8, 4) is 6.07 Å². The Morgan fingerprint density at radius 3 is 2.85 bits per heavy atom. The molecular weight excluding hydrogens is 273 g/mol. The molecule has 0 aliphatic rings. The van der Waals surface area contributed by atoms with Gasteiger partial charge in [-0.1, -0.05) is 19.1 Å². The summed E-state index contributed by atoms with van der Waals surface area (Å²) in [5.41, 5.74) is 2.73. The van der Waals surface area contributed by atoms with Crippen molar-refractivity contribution in [3.05, 3.63) is 32.9 Å². The first-order chi connectivity index (χ1) is 6.29. The third-order valence-corrected chi connectivity index (χ3v) is 3.09. The molecule has 13 heavy (non-hydrogen) atoms. The van der Waals surface area contributed by atoms with Crippen LogP contribution in [0, 0.1) is 14.9 Å². The van der Waals surface area contributed by atoms with Crippen LogP contribution in [-0.2, 0) is 12.8 Å². The van der Waals surface area contributed by atoms with Crippen LogP contribution in [0.3, 0.4) is 0 Å². The number of benzene rings is 1. The van der Waals surface area contributed by atoms with Gasteiger partial charge in [0.2, 0.25) is 0 Å². The van der Waals surface area contributed by atoms with Crippen LogP contribution in [0.5, 0.6) is 0 Å². The molecule has 0 spiro atoms. The lowest BCUT2D eigenvalue weighted by atomic mass is 10.0. The van der Waals surface area contributed by atoms with Crippen molar-refractivity contribution in [2.75, 3.05) is 0 Å². The second-order valence-electron chi connectivity index (χ2n) is 2.89. The van der Waals surface area contributed by atoms with Gasteiger partial charge >= 0.3 is 0 Å². The fraction of sp³-hybridized carbons (Fsp3) is 0.364. The van der Waals surface area contributed by atoms with Gasteiger partial charge in [-0.3, -0.25) is 0 Å². The summed E-state index contributed by atoms with van der Waals surface area (Å²) >= 11 is 2.34. The van der Waals surface area contributed by atoms with E-state index in [0.29, 0.717) is 6.42 Å². The van der Waals surface area contributed by atoms with Crippen LogP contribution >= 0.6 is 22.6 Å². The van der Waals surface area contributed by atoms with Gasteiger partial charge in [0.1, 0.15) is 0 Å². The molecular formula is C11H12IN. The Labute approximate surface area is 92.9 Å². The molecule has 1 aromatic carbocycles. The number of halogens is 1. The molecule has 0 aliphatic heterocycles. The van der Waals surface area contributed by atoms with Crippen LogP contribution < -0.4 is 0 Å². The maximum absolute atomic E-state index is 8.53. The molecule has 0 aromatic heterocycles. The minimum Gasteiger partial charge on any atom is -0.198 e. The van der Waals surface area contributed by atoms with Crippen molar-refractivity contribution >= 4 is 22.6 Å². The summed E-state index contributed by atoms with van der Waals surface area (Å²) in [7, 11) is 0. The first-order valence-corrected chi connectivity index (χ1v) is 5.50. The predicted octanol–water partition coefficient (Wildman–Crippen LogP) is 3.31. The minimum absolute atomic E-state index is 0.618. The normalized spacial score (nSPS) is 9.62. The van der Waals surface area contributed by atoms with Crippen LogP contribution in [0.15, 0.2) is 18.2 Å². The predicted molar refractivity (Wildman–Crippen MR) is 62.5 cm³/mol. The van der Waals surface area contributed by atoms with Gasteiger partial charge in [-0.05, 0) is 52.6 Å². The number of hydrogen-bond acceptors (Lipinski definition) is 1. The summed E-state index contributed by atoms with van der Waals surface area (Å²) in [4.78, 5) is 0. The zero-order valence-corrected chi connectivity index (χ0v) is 9.84. The highest BCUT2D eigenvalue weighted by Gasteiger charge is 2.03. The van der Waals surface area contributed by atoms with E-state index in [1.54, 1.807) is 0 Å². The van der Waals surface area contributed by atoms with Crippen LogP contribution in [-0.4, -0.2) is 0 Å². The first kappa shape index (κ1) is 10.5. The highest BCUT2D eigenvalue weighted by Crippen LogP contribution is 2.19. The molecule has 1 nitrogen and oxygen atoms in total. The van der Waals surface area contributed by atoms with Crippen molar-refractivity contribution < 1.29 is 0 Å². The number of nitriles is 1. The number of rotatable bonds is 3. The van der Waals surface area contributed by atoms with E-state index < -0.39 is 0 Å². The number of nitrogens with zero attached hydrogens (tertiary/aromatic N) is 1. The standard InChI is InChI=1S/C11H12IN/c1-2-9-5-3-7-11(12)10(9)6-4-8-13/h3,5,7H,2,4,6H2,1H3. The van der Waals surface area contributed by atoms with E-state index in [1.807, 2.05) is 0 Å². The van der Waals surface area contributed by atoms with Crippen LogP contribution in [0.1, 0.15) is 24.5 Å². The molecule has 0 heterocycles. The molecule has 0 bridgehead atoms. The first-order valence-electron chi connectivity index (χ1n) is 4.42. The Morgan fingerprint density at radius 2 is 2.23 bits per heavy atom. The molecule has 0 saturated heterocycles. The van der Waals surface area contributed by atoms with Crippen LogP contribution in [0.4, 0.5) is 0 Å². The molecule has 2 heteroatoms. The van der Waals surface area contributed by atoms with Gasteiger partial charge in [0.25, 0.3) is 0 Å². The fourth-order valence-corrected chi connectivity index (χ4v) is 2.22. The third kappa shape index (κ3) is 2.70. The second-order valence-corrected chi connectivity index (χ2v) is 4.05. The Hall–Kier alpha value is -0.560. The highest BCUT2D eigenvalue weighted by molar-refractivity contribution is 14.1. The molecule has 0 N–H and O–H groups in total. The number of aryl methyl sites for hydroxylation is 1. The summed E-state index contributed by atoms with van der Waals surface area (Å²) in [5.74, 6) is 0. The Morgan fingerprint density at radius 1 is 1.46 bits per heavy atom. The van der Waals surface area contributed by atoms with E-state index in [1.165, 1.54) is 14.7 Å². The topological polar surface area (TPSA) is 23.8 Å². The van der Waals surface area contributed by atoms with E-state index in [9.17, 15) is 0 Å². The molecule has 0 saturated carbocycles. The Kier molecular flexibility index (Phi) is 4.23. The average Bonchev–Trinajstić information content (AvgIpc) is 2.15. The SMILES string of the molecule is CCc1cccc(I)c1CCC#N. The third-order valence-electron chi connectivity index (χ3n) is 2.08. The van der Waals surface area contributed by atoms with Gasteiger partial charge in [0, 0.05) is 9.99 Å². The fourth-order valence-electron chi connectivity index (χ4n) is 1.40. The Balaban J connectivity index is 2.95. The van der Waals surface area contributed by atoms with Crippen molar-refractivity contribution in [3.63, 3.8) is 0 Å².